The van der Waals surface area contributed by atoms with Crippen LogP contribution in [0.3, 0.4) is 0 Å². The molecule has 0 spiro atoms. The minimum atomic E-state index is -4.46. The molecule has 0 aliphatic heterocycles. The number of pyridine rings is 1. The molecular formula is C17H10F3N2NaO2. The Morgan fingerprint density at radius 1 is 1.04 bits per heavy atom. The summed E-state index contributed by atoms with van der Waals surface area (Å²) in [7, 11) is 0. The molecule has 0 bridgehead atoms. The van der Waals surface area contributed by atoms with Crippen molar-refractivity contribution in [3.05, 3.63) is 65.9 Å². The smallest absolute Gasteiger partial charge is 0.545 e. The second-order valence-corrected chi connectivity index (χ2v) is 5.05. The van der Waals surface area contributed by atoms with Gasteiger partial charge in [0.05, 0.1) is 17.0 Å². The Morgan fingerprint density at radius 3 is 2.44 bits per heavy atom. The Kier molecular flexibility index (Phi) is 5.72. The number of aromatic nitrogens is 1. The number of alkyl halides is 3. The van der Waals surface area contributed by atoms with E-state index in [0.717, 1.165) is 12.1 Å². The van der Waals surface area contributed by atoms with Gasteiger partial charge in [-0.05, 0) is 24.3 Å². The molecule has 0 fully saturated rings. The van der Waals surface area contributed by atoms with Crippen LogP contribution in [0.2, 0.25) is 0 Å². The number of anilines is 2. The predicted molar refractivity (Wildman–Crippen MR) is 80.8 cm³/mol. The monoisotopic (exact) mass is 354 g/mol. The zero-order valence-electron chi connectivity index (χ0n) is 13.1. The minimum absolute atomic E-state index is 0. The van der Waals surface area contributed by atoms with Crippen LogP contribution in [-0.2, 0) is 6.18 Å². The van der Waals surface area contributed by atoms with E-state index in [1.807, 2.05) is 0 Å². The first-order chi connectivity index (χ1) is 11.4. The number of aromatic carboxylic acids is 1. The second-order valence-electron chi connectivity index (χ2n) is 5.05. The third-order valence-electron chi connectivity index (χ3n) is 3.49. The first-order valence-electron chi connectivity index (χ1n) is 6.89. The summed E-state index contributed by atoms with van der Waals surface area (Å²) < 4.78 is 38.4. The van der Waals surface area contributed by atoms with E-state index in [9.17, 15) is 23.1 Å². The van der Waals surface area contributed by atoms with Crippen LogP contribution in [0.25, 0.3) is 10.9 Å². The van der Waals surface area contributed by atoms with E-state index in [-0.39, 0.29) is 46.3 Å². The molecule has 3 rings (SSSR count). The van der Waals surface area contributed by atoms with Gasteiger partial charge in [-0.25, -0.2) is 0 Å². The van der Waals surface area contributed by atoms with E-state index in [1.54, 1.807) is 24.3 Å². The van der Waals surface area contributed by atoms with Crippen LogP contribution < -0.4 is 40.0 Å². The zero-order valence-corrected chi connectivity index (χ0v) is 15.1. The fraction of sp³-hybridized carbons (Fsp3) is 0.0588. The van der Waals surface area contributed by atoms with Gasteiger partial charge in [-0.1, -0.05) is 24.3 Å². The van der Waals surface area contributed by atoms with E-state index < -0.39 is 17.7 Å². The summed E-state index contributed by atoms with van der Waals surface area (Å²) in [4.78, 5) is 15.1. The molecule has 1 N–H and O–H groups in total. The van der Waals surface area contributed by atoms with Gasteiger partial charge in [-0.3, -0.25) is 4.98 Å². The number of benzene rings is 2. The molecule has 4 nitrogen and oxygen atoms in total. The van der Waals surface area contributed by atoms with Crippen LogP contribution in [-0.4, -0.2) is 11.0 Å². The van der Waals surface area contributed by atoms with Gasteiger partial charge in [-0.2, -0.15) is 13.2 Å². The Balaban J connectivity index is 0.00000225. The Labute approximate surface area is 163 Å². The minimum Gasteiger partial charge on any atom is -0.545 e. The van der Waals surface area contributed by atoms with Gasteiger partial charge in [0.25, 0.3) is 0 Å². The normalized spacial score (nSPS) is 11.0. The summed E-state index contributed by atoms with van der Waals surface area (Å²) in [5.74, 6) is -1.35. The molecule has 0 radical (unpaired) electrons. The van der Waals surface area contributed by atoms with Crippen molar-refractivity contribution in [3.63, 3.8) is 0 Å². The maximum absolute atomic E-state index is 12.8. The number of nitrogens with zero attached hydrogens (tertiary/aromatic N) is 1. The Morgan fingerprint density at radius 2 is 1.76 bits per heavy atom. The van der Waals surface area contributed by atoms with Crippen LogP contribution in [0.15, 0.2) is 54.7 Å². The van der Waals surface area contributed by atoms with Crippen molar-refractivity contribution in [1.82, 2.24) is 4.98 Å². The van der Waals surface area contributed by atoms with Crippen molar-refractivity contribution in [2.75, 3.05) is 5.32 Å². The van der Waals surface area contributed by atoms with Crippen LogP contribution in [0.5, 0.6) is 0 Å². The largest absolute Gasteiger partial charge is 1.00 e. The maximum atomic E-state index is 12.8. The molecule has 0 amide bonds. The number of nitrogens with one attached hydrogen (secondary N) is 1. The zero-order chi connectivity index (χ0) is 17.3. The number of hydrogen-bond donors (Lipinski definition) is 1. The summed E-state index contributed by atoms with van der Waals surface area (Å²) in [6.45, 7) is 0. The van der Waals surface area contributed by atoms with Gasteiger partial charge >= 0.3 is 35.7 Å². The number of fused-ring (bicyclic) bond motifs is 1. The molecule has 0 saturated carbocycles. The SMILES string of the molecule is O=C([O-])c1ccccc1Nc1ccnc2cc(C(F)(F)F)ccc12.[Na+]. The van der Waals surface area contributed by atoms with Gasteiger partial charge in [-0.15, -0.1) is 0 Å². The van der Waals surface area contributed by atoms with E-state index in [0.29, 0.717) is 11.1 Å². The summed E-state index contributed by atoms with van der Waals surface area (Å²) in [5.41, 5.74) is 0.0391. The number of halogens is 3. The number of hydrogen-bond acceptors (Lipinski definition) is 4. The van der Waals surface area contributed by atoms with Crippen LogP contribution >= 0.6 is 0 Å². The fourth-order valence-electron chi connectivity index (χ4n) is 2.35. The van der Waals surface area contributed by atoms with E-state index >= 15 is 0 Å². The van der Waals surface area contributed by atoms with Crippen molar-refractivity contribution in [2.24, 2.45) is 0 Å². The fourth-order valence-corrected chi connectivity index (χ4v) is 2.35. The number of rotatable bonds is 3. The number of carbonyl (C=O) groups is 1. The molecule has 8 heteroatoms. The van der Waals surface area contributed by atoms with Crippen molar-refractivity contribution in [3.8, 4) is 0 Å². The van der Waals surface area contributed by atoms with Crippen molar-refractivity contribution >= 4 is 28.2 Å². The second kappa shape index (κ2) is 7.43. The first-order valence-corrected chi connectivity index (χ1v) is 6.89. The quantitative estimate of drug-likeness (QED) is 0.690. The van der Waals surface area contributed by atoms with Gasteiger partial charge in [0.1, 0.15) is 0 Å². The summed E-state index contributed by atoms with van der Waals surface area (Å²) in [5, 5.41) is 14.5. The van der Waals surface area contributed by atoms with Gasteiger partial charge in [0.15, 0.2) is 0 Å². The number of carboxylic acid groups (broad SMARTS) is 1. The number of para-hydroxylation sites is 1. The average molecular weight is 354 g/mol. The molecule has 25 heavy (non-hydrogen) atoms. The summed E-state index contributed by atoms with van der Waals surface area (Å²) >= 11 is 0. The van der Waals surface area contributed by atoms with E-state index in [2.05, 4.69) is 10.3 Å². The Hall–Kier alpha value is -2.09. The van der Waals surface area contributed by atoms with Crippen molar-refractivity contribution < 1.29 is 52.6 Å². The van der Waals surface area contributed by atoms with Crippen LogP contribution in [0.1, 0.15) is 15.9 Å². The molecule has 1 aromatic heterocycles. The summed E-state index contributed by atoms with van der Waals surface area (Å²) in [6, 6.07) is 10.9. The van der Waals surface area contributed by atoms with Gasteiger partial charge < -0.3 is 15.2 Å². The third kappa shape index (κ3) is 4.12. The Bertz CT molecular complexity index is 929. The van der Waals surface area contributed by atoms with Crippen LogP contribution in [0.4, 0.5) is 24.5 Å². The predicted octanol–water partition coefficient (Wildman–Crippen LogP) is 0.365. The molecule has 0 aliphatic rings. The molecule has 0 saturated heterocycles. The third-order valence-corrected chi connectivity index (χ3v) is 3.49. The summed E-state index contributed by atoms with van der Waals surface area (Å²) in [6.07, 6.45) is -3.10. The maximum Gasteiger partial charge on any atom is 1.00 e. The molecule has 122 valence electrons. The molecule has 3 aromatic rings. The average Bonchev–Trinajstić information content (AvgIpc) is 2.54. The molecule has 2 aromatic carbocycles. The first kappa shape index (κ1) is 19.2. The molecule has 0 unspecified atom stereocenters. The molecular weight excluding hydrogens is 344 g/mol. The van der Waals surface area contributed by atoms with Crippen LogP contribution in [0, 0.1) is 0 Å². The van der Waals surface area contributed by atoms with E-state index in [1.165, 1.54) is 18.3 Å². The topological polar surface area (TPSA) is 65.0 Å². The standard InChI is InChI=1S/C17H11F3N2O2.Na/c18-17(19,20)10-5-6-11-14(7-8-21-15(11)9-10)22-13-4-2-1-3-12(13)16(23)24;/h1-9H,(H,21,22)(H,23,24);/q;+1/p-1. The molecule has 0 aliphatic carbocycles. The van der Waals surface area contributed by atoms with Gasteiger partial charge in [0, 0.05) is 28.5 Å². The van der Waals surface area contributed by atoms with Crippen molar-refractivity contribution in [1.29, 1.82) is 0 Å². The number of carboxylic acids is 1. The molecule has 0 atom stereocenters. The number of carbonyl (C=O) groups excluding carboxylic acids is 1. The van der Waals surface area contributed by atoms with Gasteiger partial charge in [0.2, 0.25) is 0 Å². The van der Waals surface area contributed by atoms with E-state index in [4.69, 9.17) is 0 Å². The molecule has 1 heterocycles. The van der Waals surface area contributed by atoms with Crippen molar-refractivity contribution in [2.45, 2.75) is 6.18 Å².